The maximum absolute atomic E-state index is 13.8. The van der Waals surface area contributed by atoms with Crippen molar-refractivity contribution >= 4 is 81.7 Å². The SMILES string of the molecule is CSCC[C@@H](C(N)=O)N1C(=O)[C@@H](NC(=O)[C@H](Cc2cnc[nH]2)NC(=O)CNC(=O)[C@@H](NC(=O)[C@H](C)NC(=O)[C@H](Cc2cc3ccccc3[nH]2)NC(=O)[C@H](CCC(N)=O)NC(C)=O)C(C)C)CC1C. The number of imidazole rings is 1. The van der Waals surface area contributed by atoms with Crippen LogP contribution < -0.4 is 48.7 Å². The van der Waals surface area contributed by atoms with Crippen molar-refractivity contribution in [3.05, 3.63) is 54.2 Å². The molecule has 1 aromatic carbocycles. The molecule has 23 nitrogen and oxygen atoms in total. The fourth-order valence-corrected chi connectivity index (χ4v) is 8.20. The van der Waals surface area contributed by atoms with Gasteiger partial charge in [-0.1, -0.05) is 32.0 Å². The number of primary amides is 2. The summed E-state index contributed by atoms with van der Waals surface area (Å²) in [5.74, 6) is -6.89. The summed E-state index contributed by atoms with van der Waals surface area (Å²) in [6.07, 6.45) is 4.76. The number of carbonyl (C=O) groups is 10. The van der Waals surface area contributed by atoms with Crippen molar-refractivity contribution in [1.82, 2.24) is 57.1 Å². The Bertz CT molecular complexity index is 2270. The average molecular weight is 966 g/mol. The zero-order valence-corrected chi connectivity index (χ0v) is 39.8. The van der Waals surface area contributed by atoms with Crippen LogP contribution in [-0.4, -0.2) is 146 Å². The zero-order valence-electron chi connectivity index (χ0n) is 38.9. The topological polar surface area (TPSA) is 355 Å². The summed E-state index contributed by atoms with van der Waals surface area (Å²) in [6.45, 7) is 6.99. The van der Waals surface area contributed by atoms with Crippen LogP contribution in [0.3, 0.4) is 0 Å². The molecule has 8 atom stereocenters. The van der Waals surface area contributed by atoms with Gasteiger partial charge in [0.25, 0.3) is 0 Å². The van der Waals surface area contributed by atoms with E-state index in [0.717, 1.165) is 10.9 Å². The van der Waals surface area contributed by atoms with Crippen LogP contribution in [0.15, 0.2) is 42.9 Å². The highest BCUT2D eigenvalue weighted by Gasteiger charge is 2.44. The molecule has 1 fully saturated rings. The normalized spacial score (nSPS) is 17.2. The van der Waals surface area contributed by atoms with Crippen LogP contribution >= 0.6 is 11.8 Å². The van der Waals surface area contributed by atoms with Gasteiger partial charge in [0.15, 0.2) is 0 Å². The second-order valence-electron chi connectivity index (χ2n) is 17.1. The van der Waals surface area contributed by atoms with Crippen molar-refractivity contribution in [3.8, 4) is 0 Å². The Morgan fingerprint density at radius 3 is 2.13 bits per heavy atom. The fourth-order valence-electron chi connectivity index (χ4n) is 7.74. The Morgan fingerprint density at radius 2 is 1.51 bits per heavy atom. The third-order valence-corrected chi connectivity index (χ3v) is 11.9. The maximum Gasteiger partial charge on any atom is 0.246 e. The Kier molecular flexibility index (Phi) is 19.9. The lowest BCUT2D eigenvalue weighted by Gasteiger charge is -2.29. The van der Waals surface area contributed by atoms with Gasteiger partial charge in [-0.05, 0) is 68.6 Å². The number of benzene rings is 1. The quantitative estimate of drug-likeness (QED) is 0.0412. The number of hydrogen-bond acceptors (Lipinski definition) is 12. The second kappa shape index (κ2) is 25.2. The molecular formula is C44H63N13O10S. The number of nitrogens with one attached hydrogen (secondary N) is 9. The molecule has 1 unspecified atom stereocenters. The Hall–Kier alpha value is -6.98. The molecule has 0 radical (unpaired) electrons. The summed E-state index contributed by atoms with van der Waals surface area (Å²) in [5.41, 5.74) is 12.7. The Labute approximate surface area is 397 Å². The van der Waals surface area contributed by atoms with E-state index in [4.69, 9.17) is 11.5 Å². The summed E-state index contributed by atoms with van der Waals surface area (Å²) in [5, 5.41) is 18.9. The van der Waals surface area contributed by atoms with Gasteiger partial charge in [0.1, 0.15) is 42.3 Å². The van der Waals surface area contributed by atoms with Crippen molar-refractivity contribution < 1.29 is 47.9 Å². The molecule has 3 aromatic rings. The van der Waals surface area contributed by atoms with Crippen molar-refractivity contribution in [2.45, 2.75) is 121 Å². The molecule has 68 heavy (non-hydrogen) atoms. The number of rotatable bonds is 26. The number of H-pyrrole nitrogens is 2. The molecule has 10 amide bonds. The lowest BCUT2D eigenvalue weighted by Crippen LogP contribution is -2.59. The molecule has 4 rings (SSSR count). The van der Waals surface area contributed by atoms with Gasteiger partial charge in [-0.25, -0.2) is 4.98 Å². The van der Waals surface area contributed by atoms with E-state index in [1.165, 1.54) is 43.0 Å². The highest BCUT2D eigenvalue weighted by atomic mass is 32.2. The van der Waals surface area contributed by atoms with E-state index < -0.39 is 120 Å². The van der Waals surface area contributed by atoms with Gasteiger partial charge in [0, 0.05) is 55.3 Å². The van der Waals surface area contributed by atoms with E-state index in [1.54, 1.807) is 26.8 Å². The van der Waals surface area contributed by atoms with Crippen LogP contribution in [0, 0.1) is 5.92 Å². The van der Waals surface area contributed by atoms with Crippen LogP contribution in [-0.2, 0) is 60.8 Å². The standard InChI is InChI=1S/C44H63N13O10S/c1-22(2)37(43(66)48-20-36(60)53-31(18-28-19-47-21-49-28)42(65)55-33-15-23(3)57(44(33)67)34(38(46)61)13-14-68-6)56-39(62)24(4)50-41(64)32(17-27-16-26-9-7-8-10-29(26)52-27)54-40(63)30(51-25(5)58)11-12-35(45)59/h7-10,16,19,21-24,30-34,37,52H,11-15,17-18,20H2,1-6H3,(H2,45,59)(H2,46,61)(H,47,49)(H,48,66)(H,50,64)(H,51,58)(H,53,60)(H,54,63)(H,55,65)(H,56,62)/t23?,24-,30-,31-,32-,33-,34-,37-/m0/s1. The molecular weight excluding hydrogens is 903 g/mol. The van der Waals surface area contributed by atoms with Crippen molar-refractivity contribution in [2.75, 3.05) is 18.6 Å². The molecule has 1 aliphatic rings. The van der Waals surface area contributed by atoms with Crippen molar-refractivity contribution in [1.29, 1.82) is 0 Å². The summed E-state index contributed by atoms with van der Waals surface area (Å²) in [4.78, 5) is 142. The molecule has 1 aliphatic heterocycles. The lowest BCUT2D eigenvalue weighted by molar-refractivity contribution is -0.140. The fraction of sp³-hybridized carbons (Fsp3) is 0.523. The maximum atomic E-state index is 13.8. The van der Waals surface area contributed by atoms with Gasteiger partial charge in [0.2, 0.25) is 59.1 Å². The second-order valence-corrected chi connectivity index (χ2v) is 18.1. The minimum absolute atomic E-state index is 0.0604. The first kappa shape index (κ1) is 53.6. The molecule has 13 N–H and O–H groups in total. The van der Waals surface area contributed by atoms with E-state index in [9.17, 15) is 47.9 Å². The summed E-state index contributed by atoms with van der Waals surface area (Å²) in [6, 6.07) is 0.664. The minimum Gasteiger partial charge on any atom is -0.370 e. The number of nitrogens with zero attached hydrogens (tertiary/aromatic N) is 2. The van der Waals surface area contributed by atoms with Gasteiger partial charge in [-0.3, -0.25) is 47.9 Å². The van der Waals surface area contributed by atoms with Gasteiger partial charge in [0.05, 0.1) is 12.9 Å². The first-order valence-corrected chi connectivity index (χ1v) is 23.6. The van der Waals surface area contributed by atoms with Crippen LogP contribution in [0.5, 0.6) is 0 Å². The third-order valence-electron chi connectivity index (χ3n) is 11.2. The Balaban J connectivity index is 1.40. The van der Waals surface area contributed by atoms with Gasteiger partial charge < -0.3 is 63.6 Å². The number of likely N-dealkylation sites (tertiary alicyclic amines) is 1. The number of carbonyl (C=O) groups excluding carboxylic acids is 10. The largest absolute Gasteiger partial charge is 0.370 e. The number of para-hydroxylation sites is 1. The zero-order chi connectivity index (χ0) is 50.2. The summed E-state index contributed by atoms with van der Waals surface area (Å²) >= 11 is 1.50. The predicted molar refractivity (Wildman–Crippen MR) is 250 cm³/mol. The molecule has 24 heteroatoms. The number of amides is 10. The van der Waals surface area contributed by atoms with Crippen molar-refractivity contribution in [3.63, 3.8) is 0 Å². The number of nitrogens with two attached hydrogens (primary N) is 2. The molecule has 0 saturated carbocycles. The van der Waals surface area contributed by atoms with E-state index in [0.29, 0.717) is 23.6 Å². The third kappa shape index (κ3) is 15.6. The van der Waals surface area contributed by atoms with Crippen LogP contribution in [0.4, 0.5) is 0 Å². The van der Waals surface area contributed by atoms with Gasteiger partial charge >= 0.3 is 0 Å². The first-order chi connectivity index (χ1) is 32.2. The van der Waals surface area contributed by atoms with Gasteiger partial charge in [-0.2, -0.15) is 11.8 Å². The van der Waals surface area contributed by atoms with E-state index in [2.05, 4.69) is 52.2 Å². The number of fused-ring (bicyclic) bond motifs is 1. The highest BCUT2D eigenvalue weighted by molar-refractivity contribution is 7.98. The van der Waals surface area contributed by atoms with Crippen LogP contribution in [0.25, 0.3) is 10.9 Å². The smallest absolute Gasteiger partial charge is 0.246 e. The lowest BCUT2D eigenvalue weighted by atomic mass is 10.0. The highest BCUT2D eigenvalue weighted by Crippen LogP contribution is 2.24. The molecule has 0 aliphatic carbocycles. The minimum atomic E-state index is -1.29. The number of hydrogen-bond donors (Lipinski definition) is 11. The van der Waals surface area contributed by atoms with E-state index >= 15 is 0 Å². The molecule has 370 valence electrons. The number of thioether (sulfide) groups is 1. The average Bonchev–Trinajstić information content (AvgIpc) is 4.01. The van der Waals surface area contributed by atoms with E-state index in [-0.39, 0.29) is 32.1 Å². The van der Waals surface area contributed by atoms with Crippen molar-refractivity contribution in [2.24, 2.45) is 17.4 Å². The first-order valence-electron chi connectivity index (χ1n) is 22.2. The molecule has 2 aromatic heterocycles. The predicted octanol–water partition coefficient (Wildman–Crippen LogP) is -2.11. The Morgan fingerprint density at radius 1 is 0.838 bits per heavy atom. The summed E-state index contributed by atoms with van der Waals surface area (Å²) in [7, 11) is 0. The molecule has 0 bridgehead atoms. The number of aromatic nitrogens is 3. The summed E-state index contributed by atoms with van der Waals surface area (Å²) < 4.78 is 0. The van der Waals surface area contributed by atoms with Crippen LogP contribution in [0.2, 0.25) is 0 Å². The van der Waals surface area contributed by atoms with Crippen LogP contribution in [0.1, 0.15) is 71.7 Å². The van der Waals surface area contributed by atoms with E-state index in [1.807, 2.05) is 30.5 Å². The molecule has 1 saturated heterocycles. The number of aromatic amines is 2. The molecule has 3 heterocycles. The monoisotopic (exact) mass is 965 g/mol. The van der Waals surface area contributed by atoms with Gasteiger partial charge in [-0.15, -0.1) is 0 Å². The molecule has 0 spiro atoms.